The highest BCUT2D eigenvalue weighted by molar-refractivity contribution is 5.75. The number of aliphatic hydroxyl groups is 1. The minimum Gasteiger partial charge on any atom is -0.491 e. The topological polar surface area (TPSA) is 56.4 Å². The zero-order valence-corrected chi connectivity index (χ0v) is 14.9. The zero-order chi connectivity index (χ0) is 18.0. The molecule has 0 aliphatic rings. The highest BCUT2D eigenvalue weighted by Crippen LogP contribution is 2.19. The predicted molar refractivity (Wildman–Crippen MR) is 99.3 cm³/mol. The summed E-state index contributed by atoms with van der Waals surface area (Å²) in [5, 5.41) is 10.4. The quantitative estimate of drug-likeness (QED) is 0.751. The second-order valence-electron chi connectivity index (χ2n) is 6.36. The molecule has 2 aromatic carbocycles. The smallest absolute Gasteiger partial charge is 0.329 e. The standard InChI is InChI=1S/C20H24N2O3/c1-4-21-17-7-5-6-8-18(17)22(20(21)24)12-16(23)13-25-19-10-9-14(2)11-15(19)3/h5-11,16,23H,4,12-13H2,1-3H3. The minimum atomic E-state index is -0.769. The highest BCUT2D eigenvalue weighted by Gasteiger charge is 2.15. The fraction of sp³-hybridized carbons (Fsp3) is 0.350. The molecule has 1 heterocycles. The van der Waals surface area contributed by atoms with E-state index in [4.69, 9.17) is 4.74 Å². The number of nitrogens with zero attached hydrogens (tertiary/aromatic N) is 2. The monoisotopic (exact) mass is 340 g/mol. The van der Waals surface area contributed by atoms with Crippen molar-refractivity contribution < 1.29 is 9.84 Å². The molecular weight excluding hydrogens is 316 g/mol. The third-order valence-corrected chi connectivity index (χ3v) is 4.40. The van der Waals surface area contributed by atoms with E-state index < -0.39 is 6.10 Å². The van der Waals surface area contributed by atoms with E-state index in [1.54, 1.807) is 9.13 Å². The molecule has 1 atom stereocenters. The van der Waals surface area contributed by atoms with E-state index in [0.717, 1.165) is 22.3 Å². The molecule has 1 unspecified atom stereocenters. The number of aryl methyl sites for hydroxylation is 3. The van der Waals surface area contributed by atoms with Crippen LogP contribution in [0.3, 0.4) is 0 Å². The van der Waals surface area contributed by atoms with Crippen molar-refractivity contribution in [2.75, 3.05) is 6.61 Å². The number of aliphatic hydroxyl groups excluding tert-OH is 1. The van der Waals surface area contributed by atoms with Crippen LogP contribution in [0.1, 0.15) is 18.1 Å². The van der Waals surface area contributed by atoms with Gasteiger partial charge >= 0.3 is 5.69 Å². The van der Waals surface area contributed by atoms with Gasteiger partial charge in [0.25, 0.3) is 0 Å². The molecule has 0 spiro atoms. The van der Waals surface area contributed by atoms with Crippen LogP contribution in [-0.4, -0.2) is 27.0 Å². The number of hydrogen-bond acceptors (Lipinski definition) is 3. The van der Waals surface area contributed by atoms with Crippen LogP contribution >= 0.6 is 0 Å². The van der Waals surface area contributed by atoms with Crippen LogP contribution < -0.4 is 10.4 Å². The normalized spacial score (nSPS) is 12.5. The van der Waals surface area contributed by atoms with Gasteiger partial charge in [-0.1, -0.05) is 29.8 Å². The number of ether oxygens (including phenoxy) is 1. The molecule has 0 amide bonds. The predicted octanol–water partition coefficient (Wildman–Crippen LogP) is 2.88. The first-order chi connectivity index (χ1) is 12.0. The van der Waals surface area contributed by atoms with Gasteiger partial charge in [-0.15, -0.1) is 0 Å². The number of rotatable bonds is 6. The first-order valence-corrected chi connectivity index (χ1v) is 8.57. The summed E-state index contributed by atoms with van der Waals surface area (Å²) in [4.78, 5) is 12.6. The fourth-order valence-corrected chi connectivity index (χ4v) is 3.17. The Labute approximate surface area is 147 Å². The minimum absolute atomic E-state index is 0.103. The lowest BCUT2D eigenvalue weighted by Gasteiger charge is -2.15. The Morgan fingerprint density at radius 1 is 1.08 bits per heavy atom. The Morgan fingerprint density at radius 2 is 1.76 bits per heavy atom. The number of fused-ring (bicyclic) bond motifs is 1. The molecule has 0 fully saturated rings. The molecule has 0 saturated carbocycles. The number of aromatic nitrogens is 2. The molecule has 1 N–H and O–H groups in total. The second kappa shape index (κ2) is 7.15. The lowest BCUT2D eigenvalue weighted by molar-refractivity contribution is 0.0921. The summed E-state index contributed by atoms with van der Waals surface area (Å²) in [6.07, 6.45) is -0.769. The van der Waals surface area contributed by atoms with E-state index in [-0.39, 0.29) is 18.8 Å². The van der Waals surface area contributed by atoms with E-state index in [9.17, 15) is 9.90 Å². The van der Waals surface area contributed by atoms with Gasteiger partial charge < -0.3 is 9.84 Å². The van der Waals surface area contributed by atoms with Crippen molar-refractivity contribution in [3.05, 3.63) is 64.1 Å². The molecule has 5 nitrogen and oxygen atoms in total. The maximum atomic E-state index is 12.6. The van der Waals surface area contributed by atoms with Crippen molar-refractivity contribution in [2.45, 2.75) is 40.0 Å². The molecule has 5 heteroatoms. The van der Waals surface area contributed by atoms with E-state index in [1.807, 2.05) is 63.2 Å². The van der Waals surface area contributed by atoms with Crippen molar-refractivity contribution in [3.63, 3.8) is 0 Å². The van der Waals surface area contributed by atoms with Gasteiger partial charge in [-0.05, 0) is 44.5 Å². The molecule has 3 aromatic rings. The van der Waals surface area contributed by atoms with Gasteiger partial charge in [0, 0.05) is 6.54 Å². The molecule has 0 radical (unpaired) electrons. The molecule has 0 aliphatic heterocycles. The van der Waals surface area contributed by atoms with Crippen LogP contribution in [-0.2, 0) is 13.1 Å². The Morgan fingerprint density at radius 3 is 2.40 bits per heavy atom. The molecule has 3 rings (SSSR count). The van der Waals surface area contributed by atoms with Gasteiger partial charge in [0.15, 0.2) is 0 Å². The highest BCUT2D eigenvalue weighted by atomic mass is 16.5. The van der Waals surface area contributed by atoms with E-state index in [1.165, 1.54) is 5.56 Å². The summed E-state index contributed by atoms with van der Waals surface area (Å²) in [5.74, 6) is 0.757. The third-order valence-electron chi connectivity index (χ3n) is 4.40. The molecule has 1 aromatic heterocycles. The molecule has 0 aliphatic carbocycles. The van der Waals surface area contributed by atoms with Crippen LogP contribution in [0.4, 0.5) is 0 Å². The first-order valence-electron chi connectivity index (χ1n) is 8.57. The third kappa shape index (κ3) is 3.46. The lowest BCUT2D eigenvalue weighted by atomic mass is 10.1. The lowest BCUT2D eigenvalue weighted by Crippen LogP contribution is -2.31. The Kier molecular flexibility index (Phi) is 4.95. The fourth-order valence-electron chi connectivity index (χ4n) is 3.17. The van der Waals surface area contributed by atoms with Crippen LogP contribution in [0.2, 0.25) is 0 Å². The van der Waals surface area contributed by atoms with Crippen LogP contribution in [0.5, 0.6) is 5.75 Å². The maximum absolute atomic E-state index is 12.6. The van der Waals surface area contributed by atoms with Gasteiger partial charge in [0.1, 0.15) is 18.5 Å². The summed E-state index contributed by atoms with van der Waals surface area (Å²) in [5.41, 5.74) is 3.82. The maximum Gasteiger partial charge on any atom is 0.329 e. The molecule has 0 saturated heterocycles. The number of benzene rings is 2. The van der Waals surface area contributed by atoms with Gasteiger partial charge in [0.05, 0.1) is 17.6 Å². The Hall–Kier alpha value is -2.53. The summed E-state index contributed by atoms with van der Waals surface area (Å²) in [7, 11) is 0. The second-order valence-corrected chi connectivity index (χ2v) is 6.36. The van der Waals surface area contributed by atoms with Crippen LogP contribution in [0, 0.1) is 13.8 Å². The van der Waals surface area contributed by atoms with Crippen molar-refractivity contribution in [1.29, 1.82) is 0 Å². The summed E-state index contributed by atoms with van der Waals surface area (Å²) < 4.78 is 9.07. The average Bonchev–Trinajstić information content (AvgIpc) is 2.86. The van der Waals surface area contributed by atoms with Crippen LogP contribution in [0.25, 0.3) is 11.0 Å². The molecule has 0 bridgehead atoms. The van der Waals surface area contributed by atoms with Gasteiger partial charge in [0.2, 0.25) is 0 Å². The molecular formula is C20H24N2O3. The van der Waals surface area contributed by atoms with Crippen molar-refractivity contribution in [1.82, 2.24) is 9.13 Å². The van der Waals surface area contributed by atoms with E-state index in [0.29, 0.717) is 6.54 Å². The van der Waals surface area contributed by atoms with Gasteiger partial charge in [-0.3, -0.25) is 9.13 Å². The van der Waals surface area contributed by atoms with Gasteiger partial charge in [-0.25, -0.2) is 4.79 Å². The Bertz CT molecular complexity index is 940. The first kappa shape index (κ1) is 17.3. The van der Waals surface area contributed by atoms with Crippen LogP contribution in [0.15, 0.2) is 47.3 Å². The van der Waals surface area contributed by atoms with E-state index >= 15 is 0 Å². The van der Waals surface area contributed by atoms with Crippen molar-refractivity contribution in [2.24, 2.45) is 0 Å². The summed E-state index contributed by atoms with van der Waals surface area (Å²) in [6.45, 7) is 6.90. The van der Waals surface area contributed by atoms with Crippen molar-refractivity contribution in [3.8, 4) is 5.75 Å². The zero-order valence-electron chi connectivity index (χ0n) is 14.9. The summed E-state index contributed by atoms with van der Waals surface area (Å²) >= 11 is 0. The number of imidazole rings is 1. The van der Waals surface area contributed by atoms with Gasteiger partial charge in [-0.2, -0.15) is 0 Å². The number of para-hydroxylation sites is 2. The Balaban J connectivity index is 1.77. The number of hydrogen-bond donors (Lipinski definition) is 1. The SMILES string of the molecule is CCn1c(=O)n(CC(O)COc2ccc(C)cc2C)c2ccccc21. The average molecular weight is 340 g/mol. The molecule has 132 valence electrons. The van der Waals surface area contributed by atoms with E-state index in [2.05, 4.69) is 0 Å². The molecule has 25 heavy (non-hydrogen) atoms. The van der Waals surface area contributed by atoms with Crippen molar-refractivity contribution >= 4 is 11.0 Å². The largest absolute Gasteiger partial charge is 0.491 e. The summed E-state index contributed by atoms with van der Waals surface area (Å²) in [6, 6.07) is 13.6.